The van der Waals surface area contributed by atoms with Crippen LogP contribution in [0.5, 0.6) is 0 Å². The average Bonchev–Trinajstić information content (AvgIpc) is 3.08. The Morgan fingerprint density at radius 2 is 0.673 bits per heavy atom. The van der Waals surface area contributed by atoms with Gasteiger partial charge in [0.05, 0.1) is 0 Å². The Bertz CT molecular complexity index is 1300. The molecule has 0 aliphatic heterocycles. The summed E-state index contributed by atoms with van der Waals surface area (Å²) in [6, 6.07) is 18.9. The third kappa shape index (κ3) is 30.9. The molecule has 0 N–H and O–H groups in total. The zero-order valence-electron chi connectivity index (χ0n) is 34.1. The van der Waals surface area contributed by atoms with E-state index in [0.29, 0.717) is 11.1 Å². The zero-order chi connectivity index (χ0) is 37.6. The molecule has 2 atom stereocenters. The molecule has 320 valence electrons. The van der Waals surface area contributed by atoms with Crippen molar-refractivity contribution in [2.75, 3.05) is 0 Å². The summed E-state index contributed by atoms with van der Waals surface area (Å²) in [7, 11) is 0. The van der Waals surface area contributed by atoms with Gasteiger partial charge in [-0.05, 0) is 152 Å². The minimum Gasteiger partial charge on any atom is -0.207 e. The predicted molar refractivity (Wildman–Crippen MR) is 254 cm³/mol. The van der Waals surface area contributed by atoms with Gasteiger partial charge >= 0.3 is 0 Å². The molecule has 1 fully saturated rings. The maximum Gasteiger partial charge on any atom is 0.126 e. The summed E-state index contributed by atoms with van der Waals surface area (Å²) in [5.74, 6) is 3.69. The van der Waals surface area contributed by atoms with Gasteiger partial charge in [0.1, 0.15) is 11.6 Å². The first-order valence-electron chi connectivity index (χ1n) is 19.4. The van der Waals surface area contributed by atoms with Gasteiger partial charge in [-0.3, -0.25) is 0 Å². The van der Waals surface area contributed by atoms with Crippen LogP contribution in [0.25, 0.3) is 0 Å². The standard InChI is InChI=1S/2C8H9F.C8H16.2C8H14.C8H10.5CH4.H2/c2*1-6-3-4-7(2)8(9)5-6;4*1-7-3-5-8(2)6-4-7;;;;;;/h2*3-5H,1-2H3;7-8H,3-6H2,1-2H3;2*3,8H,4-6H2,1-2H3;3-6H,1-2H3;5*1H4;1H. The fourth-order valence-corrected chi connectivity index (χ4v) is 5.65. The summed E-state index contributed by atoms with van der Waals surface area (Å²) in [6.45, 7) is 25.3. The Morgan fingerprint density at radius 3 is 0.873 bits per heavy atom. The summed E-state index contributed by atoms with van der Waals surface area (Å²) in [4.78, 5) is 0. The SMILES string of the molecule is C.C.C.C.C.CC1=CCC(C)CC1.CC1=CCC(C)CC1.CC1CCC(C)CC1.Cc1ccc(C)c(F)c1.Cc1ccc(C)c(F)c1.Cc1ccc(C)cc1.[HH]. The van der Waals surface area contributed by atoms with Gasteiger partial charge in [0.25, 0.3) is 0 Å². The minimum atomic E-state index is -0.116. The third-order valence-corrected chi connectivity index (χ3v) is 9.98. The van der Waals surface area contributed by atoms with Crippen LogP contribution in [0.1, 0.15) is 178 Å². The summed E-state index contributed by atoms with van der Waals surface area (Å²) < 4.78 is 25.2. The van der Waals surface area contributed by atoms with Crippen LogP contribution in [0.3, 0.4) is 0 Å². The Kier molecular flexibility index (Phi) is 38.1. The Balaban J connectivity index is -0.000000131. The number of rotatable bonds is 0. The molecule has 3 aliphatic carbocycles. The first kappa shape index (κ1) is 61.2. The van der Waals surface area contributed by atoms with Crippen molar-refractivity contribution in [3.05, 3.63) is 129 Å². The monoisotopic (exact) mass is 769 g/mol. The molecule has 2 heteroatoms. The second-order valence-electron chi connectivity index (χ2n) is 15.9. The van der Waals surface area contributed by atoms with Crippen LogP contribution in [-0.2, 0) is 0 Å². The number of hydrogen-bond acceptors (Lipinski definition) is 0. The van der Waals surface area contributed by atoms with Gasteiger partial charge in [-0.15, -0.1) is 0 Å². The van der Waals surface area contributed by atoms with Crippen molar-refractivity contribution >= 4 is 0 Å². The Morgan fingerprint density at radius 1 is 0.400 bits per heavy atom. The predicted octanol–water partition coefficient (Wildman–Crippen LogP) is 19.0. The second kappa shape index (κ2) is 34.3. The first-order chi connectivity index (χ1) is 23.5. The van der Waals surface area contributed by atoms with E-state index in [-0.39, 0.29) is 50.2 Å². The van der Waals surface area contributed by atoms with Crippen LogP contribution in [0.15, 0.2) is 84.0 Å². The highest BCUT2D eigenvalue weighted by molar-refractivity contribution is 5.22. The quantitative estimate of drug-likeness (QED) is 0.200. The van der Waals surface area contributed by atoms with Crippen LogP contribution < -0.4 is 0 Å². The topological polar surface area (TPSA) is 0 Å². The van der Waals surface area contributed by atoms with Crippen molar-refractivity contribution in [1.29, 1.82) is 0 Å². The number of halogens is 2. The van der Waals surface area contributed by atoms with Crippen molar-refractivity contribution in [2.45, 2.75) is 184 Å². The highest BCUT2D eigenvalue weighted by Gasteiger charge is 2.13. The van der Waals surface area contributed by atoms with Gasteiger partial charge < -0.3 is 0 Å². The van der Waals surface area contributed by atoms with Crippen molar-refractivity contribution < 1.29 is 10.2 Å². The molecule has 2 unspecified atom stereocenters. The summed E-state index contributed by atoms with van der Waals surface area (Å²) in [6.07, 6.45) is 18.7. The van der Waals surface area contributed by atoms with Gasteiger partial charge in [0, 0.05) is 1.43 Å². The van der Waals surface area contributed by atoms with E-state index in [4.69, 9.17) is 0 Å². The molecule has 0 spiro atoms. The van der Waals surface area contributed by atoms with E-state index < -0.39 is 0 Å². The van der Waals surface area contributed by atoms with Crippen LogP contribution >= 0.6 is 0 Å². The van der Waals surface area contributed by atoms with E-state index >= 15 is 0 Å². The summed E-state index contributed by atoms with van der Waals surface area (Å²) in [5.41, 5.74) is 9.19. The lowest BCUT2D eigenvalue weighted by molar-refractivity contribution is 0.308. The average molecular weight is 769 g/mol. The van der Waals surface area contributed by atoms with E-state index in [2.05, 4.69) is 91.8 Å². The fourth-order valence-electron chi connectivity index (χ4n) is 5.65. The number of benzene rings is 3. The van der Waals surface area contributed by atoms with E-state index in [9.17, 15) is 8.78 Å². The Hall–Kier alpha value is -3.00. The largest absolute Gasteiger partial charge is 0.207 e. The lowest BCUT2D eigenvalue weighted by Gasteiger charge is -2.22. The molecule has 0 saturated heterocycles. The highest BCUT2D eigenvalue weighted by atomic mass is 19.1. The smallest absolute Gasteiger partial charge is 0.126 e. The van der Waals surface area contributed by atoms with Crippen LogP contribution in [0.2, 0.25) is 0 Å². The van der Waals surface area contributed by atoms with Crippen LogP contribution in [0, 0.1) is 76.8 Å². The molecular weight excluding hydrogens is 675 g/mol. The molecule has 0 aromatic heterocycles. The number of hydrogen-bond donors (Lipinski definition) is 0. The second-order valence-corrected chi connectivity index (χ2v) is 15.9. The number of aryl methyl sites for hydroxylation is 6. The molecule has 3 aromatic carbocycles. The Labute approximate surface area is 346 Å². The third-order valence-electron chi connectivity index (χ3n) is 9.98. The van der Waals surface area contributed by atoms with E-state index in [1.54, 1.807) is 37.1 Å². The van der Waals surface area contributed by atoms with Gasteiger partial charge in [-0.1, -0.05) is 173 Å². The van der Waals surface area contributed by atoms with Gasteiger partial charge in [0.15, 0.2) is 0 Å². The van der Waals surface area contributed by atoms with E-state index in [0.717, 1.165) is 34.8 Å². The molecule has 3 aromatic rings. The first-order valence-corrected chi connectivity index (χ1v) is 19.4. The van der Waals surface area contributed by atoms with Crippen molar-refractivity contribution in [1.82, 2.24) is 0 Å². The molecule has 0 amide bonds. The normalized spacial score (nSPS) is 18.9. The van der Waals surface area contributed by atoms with Crippen molar-refractivity contribution in [3.8, 4) is 0 Å². The molecule has 0 radical (unpaired) electrons. The summed E-state index contributed by atoms with van der Waals surface area (Å²) in [5, 5.41) is 0. The van der Waals surface area contributed by atoms with Gasteiger partial charge in [-0.2, -0.15) is 0 Å². The minimum absolute atomic E-state index is 0. The van der Waals surface area contributed by atoms with E-state index in [1.165, 1.54) is 87.5 Å². The zero-order valence-corrected chi connectivity index (χ0v) is 34.1. The summed E-state index contributed by atoms with van der Waals surface area (Å²) >= 11 is 0. The molecule has 0 heterocycles. The lowest BCUT2D eigenvalue weighted by Crippen LogP contribution is -2.08. The lowest BCUT2D eigenvalue weighted by atomic mass is 9.84. The molecule has 55 heavy (non-hydrogen) atoms. The fraction of sp³-hybridized carbons (Fsp3) is 0.585. The van der Waals surface area contributed by atoms with Crippen molar-refractivity contribution in [3.63, 3.8) is 0 Å². The molecule has 3 aliphatic rings. The van der Waals surface area contributed by atoms with Crippen molar-refractivity contribution in [2.24, 2.45) is 23.7 Å². The molecule has 1 saturated carbocycles. The number of allylic oxidation sites excluding steroid dienone is 4. The van der Waals surface area contributed by atoms with Crippen LogP contribution in [-0.4, -0.2) is 0 Å². The molecule has 6 rings (SSSR count). The molecule has 0 nitrogen and oxygen atoms in total. The molecule has 0 bridgehead atoms. The maximum atomic E-state index is 12.6. The molecular formula is C53H94F2. The van der Waals surface area contributed by atoms with Gasteiger partial charge in [-0.25, -0.2) is 8.78 Å². The highest BCUT2D eigenvalue weighted by Crippen LogP contribution is 2.27. The van der Waals surface area contributed by atoms with E-state index in [1.807, 2.05) is 26.0 Å². The van der Waals surface area contributed by atoms with Gasteiger partial charge in [0.2, 0.25) is 0 Å². The maximum absolute atomic E-state index is 12.6. The van der Waals surface area contributed by atoms with Crippen LogP contribution in [0.4, 0.5) is 8.78 Å².